The van der Waals surface area contributed by atoms with Crippen molar-refractivity contribution < 1.29 is 9.00 Å². The lowest BCUT2D eigenvalue weighted by molar-refractivity contribution is 0.102. The molecule has 2 aromatic carbocycles. The molecule has 0 bridgehead atoms. The summed E-state index contributed by atoms with van der Waals surface area (Å²) in [4.78, 5) is 12.1. The molecule has 1 amide bonds. The van der Waals surface area contributed by atoms with Crippen LogP contribution in [0.1, 0.15) is 15.9 Å². The number of nitrogens with one attached hydrogen (secondary N) is 1. The van der Waals surface area contributed by atoms with E-state index >= 15 is 0 Å². The molecule has 2 rings (SSSR count). The Morgan fingerprint density at radius 3 is 2.53 bits per heavy atom. The summed E-state index contributed by atoms with van der Waals surface area (Å²) in [5, 5.41) is 2.82. The van der Waals surface area contributed by atoms with Crippen molar-refractivity contribution in [1.29, 1.82) is 0 Å². The molecule has 1 N–H and O–H groups in total. The zero-order chi connectivity index (χ0) is 13.7. The van der Waals surface area contributed by atoms with Gasteiger partial charge >= 0.3 is 0 Å². The van der Waals surface area contributed by atoms with Gasteiger partial charge in [0.15, 0.2) is 0 Å². The fraction of sp³-hybridized carbons (Fsp3) is 0.133. The molecule has 0 aromatic heterocycles. The molecule has 0 aliphatic rings. The first-order chi connectivity index (χ1) is 9.15. The molecule has 0 fully saturated rings. The first-order valence-electron chi connectivity index (χ1n) is 5.90. The number of hydrogen-bond donors (Lipinski definition) is 1. The van der Waals surface area contributed by atoms with Crippen LogP contribution >= 0.6 is 0 Å². The Morgan fingerprint density at radius 1 is 1.11 bits per heavy atom. The summed E-state index contributed by atoms with van der Waals surface area (Å²) in [5.41, 5.74) is 2.24. The molecule has 0 saturated heterocycles. The van der Waals surface area contributed by atoms with Gasteiger partial charge in [-0.2, -0.15) is 0 Å². The maximum atomic E-state index is 12.1. The summed E-state index contributed by atoms with van der Waals surface area (Å²) >= 11 is 0. The average molecular weight is 273 g/mol. The van der Waals surface area contributed by atoms with Crippen molar-refractivity contribution >= 4 is 22.4 Å². The van der Waals surface area contributed by atoms with Crippen LogP contribution in [-0.4, -0.2) is 16.4 Å². The number of amides is 1. The Balaban J connectivity index is 2.13. The van der Waals surface area contributed by atoms with Crippen LogP contribution in [0.4, 0.5) is 5.69 Å². The second kappa shape index (κ2) is 6.29. The number of benzene rings is 2. The van der Waals surface area contributed by atoms with E-state index in [9.17, 15) is 9.00 Å². The molecule has 4 heteroatoms. The highest BCUT2D eigenvalue weighted by molar-refractivity contribution is 7.83. The number of anilines is 1. The predicted octanol–water partition coefficient (Wildman–Crippen LogP) is 2.82. The van der Waals surface area contributed by atoms with E-state index in [-0.39, 0.29) is 5.91 Å². The minimum absolute atomic E-state index is 0.157. The van der Waals surface area contributed by atoms with E-state index in [1.807, 2.05) is 42.5 Å². The first kappa shape index (κ1) is 13.5. The maximum Gasteiger partial charge on any atom is 0.255 e. The molecule has 0 aliphatic carbocycles. The molecular formula is C15H15NO2S. The van der Waals surface area contributed by atoms with Crippen LogP contribution in [0.25, 0.3) is 0 Å². The molecule has 0 saturated carbocycles. The molecule has 1 atom stereocenters. The van der Waals surface area contributed by atoms with Crippen LogP contribution in [0, 0.1) is 0 Å². The van der Waals surface area contributed by atoms with Crippen molar-refractivity contribution in [2.45, 2.75) is 5.75 Å². The highest BCUT2D eigenvalue weighted by atomic mass is 32.2. The topological polar surface area (TPSA) is 46.2 Å². The Hall–Kier alpha value is -1.94. The van der Waals surface area contributed by atoms with Crippen molar-refractivity contribution in [2.75, 3.05) is 11.6 Å². The molecule has 0 radical (unpaired) electrons. The van der Waals surface area contributed by atoms with E-state index in [4.69, 9.17) is 0 Å². The van der Waals surface area contributed by atoms with Gasteiger partial charge in [-0.1, -0.05) is 30.3 Å². The van der Waals surface area contributed by atoms with Gasteiger partial charge in [0.2, 0.25) is 0 Å². The summed E-state index contributed by atoms with van der Waals surface area (Å²) in [6, 6.07) is 16.5. The summed E-state index contributed by atoms with van der Waals surface area (Å²) in [6.07, 6.45) is 1.65. The van der Waals surface area contributed by atoms with Crippen LogP contribution in [0.5, 0.6) is 0 Å². The van der Waals surface area contributed by atoms with Crippen LogP contribution in [0.15, 0.2) is 54.6 Å². The molecular weight excluding hydrogens is 258 g/mol. The third kappa shape index (κ3) is 4.03. The summed E-state index contributed by atoms with van der Waals surface area (Å²) in [6.45, 7) is 0. The number of rotatable bonds is 4. The lowest BCUT2D eigenvalue weighted by atomic mass is 10.1. The van der Waals surface area contributed by atoms with E-state index in [2.05, 4.69) is 5.32 Å². The fourth-order valence-electron chi connectivity index (χ4n) is 1.76. The summed E-state index contributed by atoms with van der Waals surface area (Å²) in [7, 11) is -0.908. The minimum Gasteiger partial charge on any atom is -0.322 e. The average Bonchev–Trinajstić information content (AvgIpc) is 2.39. The standard InChI is InChI=1S/C15H15NO2S/c1-19(18)11-12-6-5-7-13(10-12)15(17)16-14-8-3-2-4-9-14/h2-10H,11H2,1H3,(H,16,17). The minimum atomic E-state index is -0.908. The van der Waals surface area contributed by atoms with E-state index in [0.717, 1.165) is 11.3 Å². The first-order valence-corrected chi connectivity index (χ1v) is 7.63. The van der Waals surface area contributed by atoms with E-state index in [0.29, 0.717) is 11.3 Å². The van der Waals surface area contributed by atoms with Crippen molar-refractivity contribution in [3.8, 4) is 0 Å². The number of carbonyl (C=O) groups excluding carboxylic acids is 1. The summed E-state index contributed by atoms with van der Waals surface area (Å²) < 4.78 is 11.2. The molecule has 0 heterocycles. The van der Waals surface area contributed by atoms with Gasteiger partial charge in [-0.25, -0.2) is 0 Å². The normalized spacial score (nSPS) is 11.8. The van der Waals surface area contributed by atoms with Crippen LogP contribution in [-0.2, 0) is 16.6 Å². The molecule has 2 aromatic rings. The molecule has 3 nitrogen and oxygen atoms in total. The SMILES string of the molecule is CS(=O)Cc1cccc(C(=O)Nc2ccccc2)c1. The van der Waals surface area contributed by atoms with E-state index in [1.165, 1.54) is 0 Å². The fourth-order valence-corrected chi connectivity index (χ4v) is 2.41. The smallest absolute Gasteiger partial charge is 0.255 e. The lowest BCUT2D eigenvalue weighted by Crippen LogP contribution is -2.12. The second-order valence-electron chi connectivity index (χ2n) is 4.24. The van der Waals surface area contributed by atoms with Crippen LogP contribution in [0.2, 0.25) is 0 Å². The highest BCUT2D eigenvalue weighted by Crippen LogP contribution is 2.11. The summed E-state index contributed by atoms with van der Waals surface area (Å²) in [5.74, 6) is 0.307. The molecule has 0 spiro atoms. The second-order valence-corrected chi connectivity index (χ2v) is 5.67. The van der Waals surface area contributed by atoms with Gasteiger partial charge in [0.1, 0.15) is 0 Å². The van der Waals surface area contributed by atoms with Crippen molar-refractivity contribution in [3.05, 3.63) is 65.7 Å². The Morgan fingerprint density at radius 2 is 1.84 bits per heavy atom. The van der Waals surface area contributed by atoms with Gasteiger partial charge in [-0.15, -0.1) is 0 Å². The van der Waals surface area contributed by atoms with Crippen molar-refractivity contribution in [3.63, 3.8) is 0 Å². The largest absolute Gasteiger partial charge is 0.322 e. The van der Waals surface area contributed by atoms with E-state index in [1.54, 1.807) is 18.4 Å². The van der Waals surface area contributed by atoms with Crippen molar-refractivity contribution in [1.82, 2.24) is 0 Å². The van der Waals surface area contributed by atoms with Gasteiger partial charge in [0.05, 0.1) is 0 Å². The zero-order valence-corrected chi connectivity index (χ0v) is 11.4. The highest BCUT2D eigenvalue weighted by Gasteiger charge is 2.07. The molecule has 0 aliphatic heterocycles. The zero-order valence-electron chi connectivity index (χ0n) is 10.6. The third-order valence-electron chi connectivity index (χ3n) is 2.59. The third-order valence-corrected chi connectivity index (χ3v) is 3.33. The van der Waals surface area contributed by atoms with Crippen molar-refractivity contribution in [2.24, 2.45) is 0 Å². The van der Waals surface area contributed by atoms with Gasteiger partial charge < -0.3 is 5.32 Å². The molecule has 1 unspecified atom stereocenters. The Labute approximate surface area is 115 Å². The van der Waals surface area contributed by atoms with Gasteiger partial charge in [0, 0.05) is 34.1 Å². The number of carbonyl (C=O) groups is 1. The van der Waals surface area contributed by atoms with Crippen LogP contribution < -0.4 is 5.32 Å². The number of para-hydroxylation sites is 1. The Bertz CT molecular complexity index is 596. The van der Waals surface area contributed by atoms with Gasteiger partial charge in [-0.05, 0) is 29.8 Å². The monoisotopic (exact) mass is 273 g/mol. The molecule has 98 valence electrons. The predicted molar refractivity (Wildman–Crippen MR) is 78.6 cm³/mol. The van der Waals surface area contributed by atoms with E-state index < -0.39 is 10.8 Å². The molecule has 19 heavy (non-hydrogen) atoms. The maximum absolute atomic E-state index is 12.1. The lowest BCUT2D eigenvalue weighted by Gasteiger charge is -2.06. The Kier molecular flexibility index (Phi) is 4.47. The quantitative estimate of drug-likeness (QED) is 0.931. The van der Waals surface area contributed by atoms with Crippen LogP contribution in [0.3, 0.4) is 0 Å². The van der Waals surface area contributed by atoms with Gasteiger partial charge in [-0.3, -0.25) is 9.00 Å². The van der Waals surface area contributed by atoms with Gasteiger partial charge in [0.25, 0.3) is 5.91 Å². The number of hydrogen-bond acceptors (Lipinski definition) is 2.